The van der Waals surface area contributed by atoms with Gasteiger partial charge < -0.3 is 5.32 Å². The molecule has 1 fully saturated rings. The van der Waals surface area contributed by atoms with Gasteiger partial charge in [0.2, 0.25) is 10.0 Å². The number of sulfonamides is 1. The van der Waals surface area contributed by atoms with Crippen molar-refractivity contribution in [2.24, 2.45) is 0 Å². The Bertz CT molecular complexity index is 607. The third-order valence-electron chi connectivity index (χ3n) is 3.76. The summed E-state index contributed by atoms with van der Waals surface area (Å²) in [6.45, 7) is 9.65. The minimum absolute atomic E-state index is 0.145. The molecule has 0 spiro atoms. The number of aryl methyl sites for hydroxylation is 1. The minimum atomic E-state index is -3.43. The number of hydrogen-bond donors (Lipinski definition) is 1. The Morgan fingerprint density at radius 2 is 2.14 bits per heavy atom. The maximum absolute atomic E-state index is 12.8. The van der Waals surface area contributed by atoms with Crippen molar-refractivity contribution in [3.8, 4) is 0 Å². The molecule has 0 aromatic heterocycles. The average molecular weight is 308 g/mol. The number of nitrogens with zero attached hydrogens (tertiary/aromatic N) is 1. The van der Waals surface area contributed by atoms with Gasteiger partial charge in [0.25, 0.3) is 0 Å². The molecule has 0 unspecified atom stereocenters. The maximum Gasteiger partial charge on any atom is 0.243 e. The molecule has 0 atom stereocenters. The molecule has 0 heterocycles. The van der Waals surface area contributed by atoms with Crippen molar-refractivity contribution in [3.63, 3.8) is 0 Å². The van der Waals surface area contributed by atoms with Gasteiger partial charge in [-0.05, 0) is 49.6 Å². The van der Waals surface area contributed by atoms with E-state index >= 15 is 0 Å². The molecule has 1 saturated carbocycles. The smallest absolute Gasteiger partial charge is 0.243 e. The van der Waals surface area contributed by atoms with Gasteiger partial charge in [-0.3, -0.25) is 0 Å². The second-order valence-electron chi connectivity index (χ2n) is 5.46. The lowest BCUT2D eigenvalue weighted by atomic mass is 10.1. The summed E-state index contributed by atoms with van der Waals surface area (Å²) in [7, 11) is -3.43. The summed E-state index contributed by atoms with van der Waals surface area (Å²) >= 11 is 0. The molecule has 21 heavy (non-hydrogen) atoms. The van der Waals surface area contributed by atoms with Crippen molar-refractivity contribution in [1.29, 1.82) is 0 Å². The van der Waals surface area contributed by atoms with Crippen LogP contribution in [0.25, 0.3) is 0 Å². The first kappa shape index (κ1) is 16.2. The molecule has 0 amide bonds. The first-order valence-electron chi connectivity index (χ1n) is 7.43. The number of nitrogens with one attached hydrogen (secondary N) is 1. The molecule has 1 aromatic carbocycles. The Labute approximate surface area is 127 Å². The molecule has 0 bridgehead atoms. The number of rotatable bonds is 8. The van der Waals surface area contributed by atoms with Crippen molar-refractivity contribution in [1.82, 2.24) is 9.62 Å². The molecular weight excluding hydrogens is 284 g/mol. The summed E-state index contributed by atoms with van der Waals surface area (Å²) in [4.78, 5) is 0.384. The van der Waals surface area contributed by atoms with Crippen molar-refractivity contribution in [2.75, 3.05) is 13.1 Å². The molecular formula is C16H24N2O2S. The normalized spacial score (nSPS) is 15.4. The summed E-state index contributed by atoms with van der Waals surface area (Å²) in [5, 5.41) is 3.25. The third kappa shape index (κ3) is 3.73. The second kappa shape index (κ2) is 6.73. The average Bonchev–Trinajstić information content (AvgIpc) is 3.28. The van der Waals surface area contributed by atoms with Crippen LogP contribution in [0, 0.1) is 6.92 Å². The lowest BCUT2D eigenvalue weighted by molar-refractivity contribution is 0.436. The summed E-state index contributed by atoms with van der Waals surface area (Å²) in [6, 6.07) is 5.54. The van der Waals surface area contributed by atoms with Crippen LogP contribution < -0.4 is 5.32 Å². The van der Waals surface area contributed by atoms with E-state index in [2.05, 4.69) is 11.9 Å². The van der Waals surface area contributed by atoms with Gasteiger partial charge in [0.1, 0.15) is 0 Å². The van der Waals surface area contributed by atoms with Crippen LogP contribution in [0.15, 0.2) is 35.7 Å². The number of benzene rings is 1. The van der Waals surface area contributed by atoms with Crippen LogP contribution in [0.1, 0.15) is 30.9 Å². The highest BCUT2D eigenvalue weighted by molar-refractivity contribution is 7.89. The van der Waals surface area contributed by atoms with Crippen molar-refractivity contribution < 1.29 is 8.42 Å². The topological polar surface area (TPSA) is 49.4 Å². The van der Waals surface area contributed by atoms with Crippen LogP contribution in [0.5, 0.6) is 0 Å². The lowest BCUT2D eigenvalue weighted by Crippen LogP contribution is -2.33. The predicted octanol–water partition coefficient (Wildman–Crippen LogP) is 2.44. The summed E-state index contributed by atoms with van der Waals surface area (Å²) < 4.78 is 27.2. The third-order valence-corrected chi connectivity index (χ3v) is 5.67. The lowest BCUT2D eigenvalue weighted by Gasteiger charge is -2.21. The molecule has 116 valence electrons. The van der Waals surface area contributed by atoms with Gasteiger partial charge in [0.15, 0.2) is 0 Å². The summed E-state index contributed by atoms with van der Waals surface area (Å²) in [5.41, 5.74) is 2.14. The van der Waals surface area contributed by atoms with Gasteiger partial charge in [-0.25, -0.2) is 8.42 Å². The van der Waals surface area contributed by atoms with Crippen LogP contribution in [0.3, 0.4) is 0 Å². The van der Waals surface area contributed by atoms with Gasteiger partial charge >= 0.3 is 0 Å². The Balaban J connectivity index is 2.32. The maximum atomic E-state index is 12.8. The molecule has 0 aliphatic heterocycles. The van der Waals surface area contributed by atoms with E-state index in [0.29, 0.717) is 18.0 Å². The Morgan fingerprint density at radius 3 is 2.71 bits per heavy atom. The van der Waals surface area contributed by atoms with Gasteiger partial charge in [-0.2, -0.15) is 4.31 Å². The predicted molar refractivity (Wildman–Crippen MR) is 85.7 cm³/mol. The highest BCUT2D eigenvalue weighted by Crippen LogP contribution is 2.32. The van der Waals surface area contributed by atoms with Gasteiger partial charge in [-0.1, -0.05) is 19.1 Å². The Kier molecular flexibility index (Phi) is 5.19. The van der Waals surface area contributed by atoms with Crippen LogP contribution in [0.4, 0.5) is 0 Å². The van der Waals surface area contributed by atoms with E-state index in [1.165, 1.54) is 0 Å². The summed E-state index contributed by atoms with van der Waals surface area (Å²) in [5.74, 6) is 0. The van der Waals surface area contributed by atoms with E-state index in [4.69, 9.17) is 0 Å². The van der Waals surface area contributed by atoms with E-state index in [0.717, 1.165) is 30.5 Å². The highest BCUT2D eigenvalue weighted by Gasteiger charge is 2.37. The Hall–Kier alpha value is -1.17. The number of hydrogen-bond acceptors (Lipinski definition) is 3. The van der Waals surface area contributed by atoms with E-state index in [1.54, 1.807) is 22.5 Å². The Morgan fingerprint density at radius 1 is 1.43 bits per heavy atom. The molecule has 1 N–H and O–H groups in total. The molecule has 5 heteroatoms. The van der Waals surface area contributed by atoms with Crippen LogP contribution in [-0.2, 0) is 16.6 Å². The van der Waals surface area contributed by atoms with Crippen LogP contribution >= 0.6 is 0 Å². The molecule has 0 radical (unpaired) electrons. The van der Waals surface area contributed by atoms with E-state index in [9.17, 15) is 8.42 Å². The molecule has 4 nitrogen and oxygen atoms in total. The zero-order chi connectivity index (χ0) is 15.5. The van der Waals surface area contributed by atoms with Crippen molar-refractivity contribution >= 4 is 10.0 Å². The fraction of sp³-hybridized carbons (Fsp3) is 0.500. The van der Waals surface area contributed by atoms with Crippen LogP contribution in [0.2, 0.25) is 0 Å². The monoisotopic (exact) mass is 308 g/mol. The first-order valence-corrected chi connectivity index (χ1v) is 8.87. The molecule has 2 rings (SSSR count). The highest BCUT2D eigenvalue weighted by atomic mass is 32.2. The fourth-order valence-electron chi connectivity index (χ4n) is 2.33. The molecule has 1 aliphatic carbocycles. The van der Waals surface area contributed by atoms with Gasteiger partial charge in [0, 0.05) is 19.1 Å². The summed E-state index contributed by atoms with van der Waals surface area (Å²) in [6.07, 6.45) is 3.55. The molecule has 0 saturated heterocycles. The second-order valence-corrected chi connectivity index (χ2v) is 7.35. The van der Waals surface area contributed by atoms with Crippen LogP contribution in [-0.4, -0.2) is 31.9 Å². The standard InChI is InChI=1S/C16H24N2O2S/c1-4-10-18(15-7-8-15)21(19,20)16-9-6-13(3)14(11-16)12-17-5-2/h4,6,9,11,15,17H,1,5,7-8,10,12H2,2-3H3. The van der Waals surface area contributed by atoms with E-state index in [-0.39, 0.29) is 6.04 Å². The SMILES string of the molecule is C=CCN(C1CC1)S(=O)(=O)c1ccc(C)c(CNCC)c1. The fourth-order valence-corrected chi connectivity index (χ4v) is 4.03. The zero-order valence-corrected chi connectivity index (χ0v) is 13.6. The first-order chi connectivity index (χ1) is 10.0. The molecule has 1 aliphatic rings. The van der Waals surface area contributed by atoms with Crippen molar-refractivity contribution in [3.05, 3.63) is 42.0 Å². The zero-order valence-electron chi connectivity index (χ0n) is 12.8. The van der Waals surface area contributed by atoms with Crippen molar-refractivity contribution in [2.45, 2.75) is 44.2 Å². The van der Waals surface area contributed by atoms with E-state index < -0.39 is 10.0 Å². The van der Waals surface area contributed by atoms with Gasteiger partial charge in [-0.15, -0.1) is 6.58 Å². The quantitative estimate of drug-likeness (QED) is 0.751. The largest absolute Gasteiger partial charge is 0.313 e. The molecule has 1 aromatic rings. The minimum Gasteiger partial charge on any atom is -0.313 e. The van der Waals surface area contributed by atoms with Gasteiger partial charge in [0.05, 0.1) is 4.90 Å². The van der Waals surface area contributed by atoms with E-state index in [1.807, 2.05) is 19.9 Å².